The van der Waals surface area contributed by atoms with E-state index in [1.54, 1.807) is 48.5 Å². The third kappa shape index (κ3) is 5.43. The van der Waals surface area contributed by atoms with Crippen molar-refractivity contribution in [2.45, 2.75) is 6.92 Å². The van der Waals surface area contributed by atoms with Gasteiger partial charge >= 0.3 is 16.3 Å². The van der Waals surface area contributed by atoms with Gasteiger partial charge in [-0.25, -0.2) is 9.52 Å². The van der Waals surface area contributed by atoms with E-state index in [0.29, 0.717) is 16.8 Å². The molecule has 0 saturated heterocycles. The molecule has 0 unspecified atom stereocenters. The molecule has 3 rings (SSSR count). The molecular weight excluding hydrogens is 398 g/mol. The first kappa shape index (κ1) is 20.1. The fourth-order valence-corrected chi connectivity index (χ4v) is 2.93. The van der Waals surface area contributed by atoms with Crippen LogP contribution in [0.15, 0.2) is 60.7 Å². The number of benzene rings is 3. The summed E-state index contributed by atoms with van der Waals surface area (Å²) in [6.07, 6.45) is 0. The van der Waals surface area contributed by atoms with E-state index in [0.717, 1.165) is 5.39 Å². The van der Waals surface area contributed by atoms with E-state index >= 15 is 0 Å². The molecule has 0 aliphatic rings. The number of urea groups is 1. The predicted octanol–water partition coefficient (Wildman–Crippen LogP) is 3.51. The second-order valence-corrected chi connectivity index (χ2v) is 7.16. The Bertz CT molecular complexity index is 1180. The van der Waals surface area contributed by atoms with Crippen molar-refractivity contribution in [1.82, 2.24) is 4.72 Å². The molecule has 0 bridgehead atoms. The van der Waals surface area contributed by atoms with Gasteiger partial charge < -0.3 is 15.4 Å². The van der Waals surface area contributed by atoms with Crippen molar-refractivity contribution < 1.29 is 27.3 Å². The molecule has 150 valence electrons. The van der Waals surface area contributed by atoms with Gasteiger partial charge in [0.15, 0.2) is 5.75 Å². The highest BCUT2D eigenvalue weighted by molar-refractivity contribution is 7.84. The molecule has 0 aromatic heterocycles. The van der Waals surface area contributed by atoms with Crippen molar-refractivity contribution in [2.75, 3.05) is 10.6 Å². The Balaban J connectivity index is 1.95. The van der Waals surface area contributed by atoms with Gasteiger partial charge in [-0.1, -0.05) is 30.3 Å². The summed E-state index contributed by atoms with van der Waals surface area (Å²) in [5, 5.41) is 6.49. The number of carbonyl (C=O) groups is 2. The van der Waals surface area contributed by atoms with Crippen LogP contribution in [0.5, 0.6) is 11.5 Å². The molecule has 0 aliphatic heterocycles. The minimum atomic E-state index is -4.71. The minimum absolute atomic E-state index is 0.191. The van der Waals surface area contributed by atoms with E-state index in [2.05, 4.69) is 10.6 Å². The first-order valence-electron chi connectivity index (χ1n) is 8.35. The molecule has 0 saturated carbocycles. The van der Waals surface area contributed by atoms with E-state index in [4.69, 9.17) is 9.29 Å². The molecule has 0 radical (unpaired) electrons. The van der Waals surface area contributed by atoms with E-state index in [1.807, 2.05) is 12.1 Å². The molecular formula is C19H17N3O6S. The normalized spacial score (nSPS) is 11.0. The fourth-order valence-electron chi connectivity index (χ4n) is 2.64. The van der Waals surface area contributed by atoms with Crippen LogP contribution in [0.1, 0.15) is 6.92 Å². The smallest absolute Gasteiger partial charge is 0.361 e. The van der Waals surface area contributed by atoms with Gasteiger partial charge in [-0.3, -0.25) is 9.35 Å². The minimum Gasteiger partial charge on any atom is -0.455 e. The highest BCUT2D eigenvalue weighted by Gasteiger charge is 2.16. The number of anilines is 2. The maximum Gasteiger partial charge on any atom is 0.361 e. The van der Waals surface area contributed by atoms with Crippen molar-refractivity contribution in [1.29, 1.82) is 0 Å². The van der Waals surface area contributed by atoms with Crippen LogP contribution in [0, 0.1) is 0 Å². The van der Waals surface area contributed by atoms with E-state index < -0.39 is 16.3 Å². The third-order valence-electron chi connectivity index (χ3n) is 3.74. The topological polar surface area (TPSA) is 134 Å². The third-order valence-corrected chi connectivity index (χ3v) is 4.19. The van der Waals surface area contributed by atoms with Crippen LogP contribution in [-0.2, 0) is 15.1 Å². The first-order valence-corrected chi connectivity index (χ1v) is 9.79. The number of hydrogen-bond acceptors (Lipinski definition) is 5. The van der Waals surface area contributed by atoms with Gasteiger partial charge in [-0.15, -0.1) is 0 Å². The summed E-state index contributed by atoms with van der Waals surface area (Å²) in [5.74, 6) is 0.499. The average molecular weight is 415 g/mol. The molecule has 3 aromatic carbocycles. The van der Waals surface area contributed by atoms with Gasteiger partial charge in [0.05, 0.1) is 5.69 Å². The Labute approximate surface area is 166 Å². The van der Waals surface area contributed by atoms with Gasteiger partial charge in [0, 0.05) is 18.0 Å². The molecule has 9 nitrogen and oxygen atoms in total. The molecule has 29 heavy (non-hydrogen) atoms. The van der Waals surface area contributed by atoms with Crippen molar-refractivity contribution >= 4 is 44.4 Å². The molecule has 0 spiro atoms. The summed E-state index contributed by atoms with van der Waals surface area (Å²) in [6, 6.07) is 16.0. The summed E-state index contributed by atoms with van der Waals surface area (Å²) in [6.45, 7) is 1.40. The highest BCUT2D eigenvalue weighted by Crippen LogP contribution is 2.37. The molecule has 0 fully saturated rings. The summed E-state index contributed by atoms with van der Waals surface area (Å²) >= 11 is 0. The Morgan fingerprint density at radius 1 is 0.931 bits per heavy atom. The number of rotatable bonds is 5. The van der Waals surface area contributed by atoms with Gasteiger partial charge in [0.1, 0.15) is 5.75 Å². The van der Waals surface area contributed by atoms with Crippen LogP contribution in [-0.4, -0.2) is 24.9 Å². The Kier molecular flexibility index (Phi) is 5.66. The van der Waals surface area contributed by atoms with Crippen molar-refractivity contribution in [2.24, 2.45) is 0 Å². The lowest BCUT2D eigenvalue weighted by atomic mass is 10.1. The van der Waals surface area contributed by atoms with E-state index in [-0.39, 0.29) is 17.3 Å². The SMILES string of the molecule is CC(=O)Nc1ccc(Oc2c(NC(=O)NS(=O)(=O)O)ccc3ccccc23)cc1. The van der Waals surface area contributed by atoms with Crippen LogP contribution in [0.4, 0.5) is 16.2 Å². The second kappa shape index (κ2) is 8.17. The zero-order valence-corrected chi connectivity index (χ0v) is 16.0. The maximum atomic E-state index is 11.9. The van der Waals surface area contributed by atoms with Gasteiger partial charge in [-0.2, -0.15) is 8.42 Å². The van der Waals surface area contributed by atoms with Gasteiger partial charge in [-0.05, 0) is 35.7 Å². The molecule has 10 heteroatoms. The quantitative estimate of drug-likeness (QED) is 0.471. The summed E-state index contributed by atoms with van der Waals surface area (Å²) < 4.78 is 37.8. The molecule has 3 aromatic rings. The molecule has 0 aliphatic carbocycles. The number of ether oxygens (including phenoxy) is 1. The zero-order chi connectivity index (χ0) is 21.0. The monoisotopic (exact) mass is 415 g/mol. The van der Waals surface area contributed by atoms with Gasteiger partial charge in [0.2, 0.25) is 5.91 Å². The van der Waals surface area contributed by atoms with Crippen molar-refractivity contribution in [3.63, 3.8) is 0 Å². The average Bonchev–Trinajstić information content (AvgIpc) is 2.63. The largest absolute Gasteiger partial charge is 0.455 e. The van der Waals surface area contributed by atoms with Crippen molar-refractivity contribution in [3.8, 4) is 11.5 Å². The lowest BCUT2D eigenvalue weighted by Gasteiger charge is -2.15. The van der Waals surface area contributed by atoms with Gasteiger partial charge in [0.25, 0.3) is 0 Å². The van der Waals surface area contributed by atoms with Crippen LogP contribution in [0.25, 0.3) is 10.8 Å². The Morgan fingerprint density at radius 2 is 1.62 bits per heavy atom. The maximum absolute atomic E-state index is 11.9. The standard InChI is InChI=1S/C19H17N3O6S/c1-12(23)20-14-7-9-15(10-8-14)28-18-16-5-3-2-4-13(16)6-11-17(18)21-19(24)22-29(25,26)27/h2-11H,1H3,(H,20,23)(H2,21,22,24)(H,25,26,27). The van der Waals surface area contributed by atoms with Crippen LogP contribution in [0.3, 0.4) is 0 Å². The zero-order valence-electron chi connectivity index (χ0n) is 15.2. The molecule has 3 amide bonds. The van der Waals surface area contributed by atoms with Crippen LogP contribution < -0.4 is 20.1 Å². The van der Waals surface area contributed by atoms with Crippen molar-refractivity contribution in [3.05, 3.63) is 60.7 Å². The number of nitrogens with one attached hydrogen (secondary N) is 3. The fraction of sp³-hybridized carbons (Fsp3) is 0.0526. The Hall–Kier alpha value is -3.63. The summed E-state index contributed by atoms with van der Waals surface area (Å²) in [5.41, 5.74) is 0.782. The Morgan fingerprint density at radius 3 is 2.28 bits per heavy atom. The van der Waals surface area contributed by atoms with Crippen LogP contribution >= 0.6 is 0 Å². The van der Waals surface area contributed by atoms with E-state index in [9.17, 15) is 18.0 Å². The number of carbonyl (C=O) groups excluding carboxylic acids is 2. The molecule has 0 atom stereocenters. The first-order chi connectivity index (χ1) is 13.7. The molecule has 0 heterocycles. The predicted molar refractivity (Wildman–Crippen MR) is 108 cm³/mol. The second-order valence-electron chi connectivity index (χ2n) is 6.00. The summed E-state index contributed by atoms with van der Waals surface area (Å²) in [7, 11) is -4.71. The molecule has 4 N–H and O–H groups in total. The lowest BCUT2D eigenvalue weighted by Crippen LogP contribution is -2.33. The van der Waals surface area contributed by atoms with E-state index in [1.165, 1.54) is 11.6 Å². The van der Waals surface area contributed by atoms with Crippen LogP contribution in [0.2, 0.25) is 0 Å². The number of amides is 3. The number of fused-ring (bicyclic) bond motifs is 1. The highest BCUT2D eigenvalue weighted by atomic mass is 32.2. The summed E-state index contributed by atoms with van der Waals surface area (Å²) in [4.78, 5) is 23.0. The number of hydrogen-bond donors (Lipinski definition) is 4. The lowest BCUT2D eigenvalue weighted by molar-refractivity contribution is -0.114.